The fourth-order valence-electron chi connectivity index (χ4n) is 3.21. The zero-order chi connectivity index (χ0) is 17.6. The molecule has 4 nitrogen and oxygen atoms in total. The number of alkyl carbamates (subject to hydrolysis) is 1. The number of ether oxygens (including phenoxy) is 1. The summed E-state index contributed by atoms with van der Waals surface area (Å²) < 4.78 is 5.38. The van der Waals surface area contributed by atoms with Crippen molar-refractivity contribution in [3.63, 3.8) is 0 Å². The highest BCUT2D eigenvalue weighted by molar-refractivity contribution is 9.09. The molecule has 0 radical (unpaired) electrons. The van der Waals surface area contributed by atoms with Crippen LogP contribution in [0.25, 0.3) is 0 Å². The summed E-state index contributed by atoms with van der Waals surface area (Å²) in [4.78, 5) is 12.3. The van der Waals surface area contributed by atoms with Gasteiger partial charge in [0.15, 0.2) is 0 Å². The quantitative estimate of drug-likeness (QED) is 0.648. The fraction of sp³-hybridized carbons (Fsp3) is 0.944. The first-order chi connectivity index (χ1) is 10.6. The van der Waals surface area contributed by atoms with E-state index in [-0.39, 0.29) is 10.9 Å². The van der Waals surface area contributed by atoms with Crippen molar-refractivity contribution < 1.29 is 14.6 Å². The topological polar surface area (TPSA) is 58.6 Å². The maximum absolute atomic E-state index is 12.2. The molecule has 136 valence electrons. The van der Waals surface area contributed by atoms with Crippen LogP contribution >= 0.6 is 15.9 Å². The van der Waals surface area contributed by atoms with Gasteiger partial charge in [-0.25, -0.2) is 4.79 Å². The van der Waals surface area contributed by atoms with E-state index in [1.54, 1.807) is 0 Å². The summed E-state index contributed by atoms with van der Waals surface area (Å²) >= 11 is 3.77. The average Bonchev–Trinajstić information content (AvgIpc) is 2.42. The molecule has 0 unspecified atom stereocenters. The Hall–Kier alpha value is -0.290. The Morgan fingerprint density at radius 2 is 1.83 bits per heavy atom. The van der Waals surface area contributed by atoms with E-state index in [1.165, 1.54) is 19.3 Å². The van der Waals surface area contributed by atoms with Gasteiger partial charge in [0.25, 0.3) is 0 Å². The van der Waals surface area contributed by atoms with Crippen molar-refractivity contribution in [1.29, 1.82) is 0 Å². The number of aliphatic hydroxyl groups excluding tert-OH is 1. The molecule has 0 aromatic carbocycles. The predicted molar refractivity (Wildman–Crippen MR) is 97.9 cm³/mol. The molecule has 0 aromatic rings. The Kier molecular flexibility index (Phi) is 8.36. The van der Waals surface area contributed by atoms with E-state index in [4.69, 9.17) is 4.74 Å². The number of aliphatic hydroxyl groups is 1. The lowest BCUT2D eigenvalue weighted by Gasteiger charge is -2.36. The number of hydrogen-bond donors (Lipinski definition) is 2. The molecule has 0 aromatic heterocycles. The van der Waals surface area contributed by atoms with Gasteiger partial charge in [0.1, 0.15) is 5.60 Å². The predicted octanol–water partition coefficient (Wildman–Crippen LogP) is 4.63. The van der Waals surface area contributed by atoms with Crippen LogP contribution in [0.5, 0.6) is 0 Å². The molecule has 0 bridgehead atoms. The molecule has 0 heterocycles. The number of alkyl halides is 1. The van der Waals surface area contributed by atoms with Crippen LogP contribution in [0.2, 0.25) is 0 Å². The number of rotatable bonds is 6. The SMILES string of the molecule is CC(C)C[C@H](O)[C@@H](NC(=O)OC(C)(C)C)[C@@H](Br)C1CCCCC1. The van der Waals surface area contributed by atoms with Crippen molar-refractivity contribution >= 4 is 22.0 Å². The molecule has 1 amide bonds. The third-order valence-corrected chi connectivity index (χ3v) is 5.57. The zero-order valence-electron chi connectivity index (χ0n) is 15.3. The van der Waals surface area contributed by atoms with E-state index < -0.39 is 17.8 Å². The standard InChI is InChI=1S/C18H34BrNO3/c1-12(2)11-14(21)16(20-17(22)23-18(3,4)5)15(19)13-9-7-6-8-10-13/h12-16,21H,6-11H2,1-5H3,(H,20,22)/t14-,15-,16+/m0/s1. The highest BCUT2D eigenvalue weighted by Crippen LogP contribution is 2.33. The van der Waals surface area contributed by atoms with E-state index in [0.29, 0.717) is 18.3 Å². The largest absolute Gasteiger partial charge is 0.444 e. The highest BCUT2D eigenvalue weighted by atomic mass is 79.9. The van der Waals surface area contributed by atoms with Crippen LogP contribution in [0.1, 0.15) is 73.1 Å². The smallest absolute Gasteiger partial charge is 0.407 e. The van der Waals surface area contributed by atoms with Gasteiger partial charge in [-0.1, -0.05) is 49.0 Å². The number of amides is 1. The second-order valence-electron chi connectivity index (χ2n) is 8.21. The number of nitrogens with one attached hydrogen (secondary N) is 1. The number of carbonyl (C=O) groups is 1. The van der Waals surface area contributed by atoms with Crippen LogP contribution < -0.4 is 5.32 Å². The Labute approximate surface area is 149 Å². The minimum absolute atomic E-state index is 0.0732. The van der Waals surface area contributed by atoms with E-state index in [2.05, 4.69) is 35.1 Å². The molecule has 1 saturated carbocycles. The first-order valence-corrected chi connectivity index (χ1v) is 9.83. The Bertz CT molecular complexity index is 362. The van der Waals surface area contributed by atoms with Gasteiger partial charge in [0.2, 0.25) is 0 Å². The van der Waals surface area contributed by atoms with Gasteiger partial charge in [-0.3, -0.25) is 0 Å². The summed E-state index contributed by atoms with van der Waals surface area (Å²) in [5.41, 5.74) is -0.537. The van der Waals surface area contributed by atoms with Gasteiger partial charge in [0, 0.05) is 4.83 Å². The van der Waals surface area contributed by atoms with Crippen molar-refractivity contribution in [2.45, 2.75) is 95.7 Å². The van der Waals surface area contributed by atoms with E-state index in [1.807, 2.05) is 20.8 Å². The summed E-state index contributed by atoms with van der Waals surface area (Å²) in [6, 6.07) is -0.324. The Morgan fingerprint density at radius 3 is 2.30 bits per heavy atom. The molecule has 1 aliphatic rings. The molecule has 1 fully saturated rings. The lowest BCUT2D eigenvalue weighted by atomic mass is 9.82. The van der Waals surface area contributed by atoms with Crippen molar-refractivity contribution in [3.05, 3.63) is 0 Å². The molecular weight excluding hydrogens is 358 g/mol. The molecule has 0 spiro atoms. The van der Waals surface area contributed by atoms with Crippen LogP contribution in [0.15, 0.2) is 0 Å². The average molecular weight is 392 g/mol. The van der Waals surface area contributed by atoms with E-state index in [9.17, 15) is 9.90 Å². The third-order valence-electron chi connectivity index (χ3n) is 4.25. The van der Waals surface area contributed by atoms with Crippen molar-refractivity contribution in [1.82, 2.24) is 5.32 Å². The molecular formula is C18H34BrNO3. The van der Waals surface area contributed by atoms with Crippen LogP contribution in [-0.4, -0.2) is 33.8 Å². The first kappa shape index (κ1) is 20.8. The van der Waals surface area contributed by atoms with Crippen molar-refractivity contribution in [2.75, 3.05) is 0 Å². The second kappa shape index (κ2) is 9.26. The first-order valence-electron chi connectivity index (χ1n) is 8.92. The van der Waals surface area contributed by atoms with Crippen molar-refractivity contribution in [3.8, 4) is 0 Å². The van der Waals surface area contributed by atoms with Crippen LogP contribution in [0.4, 0.5) is 4.79 Å². The molecule has 0 saturated heterocycles. The monoisotopic (exact) mass is 391 g/mol. The minimum Gasteiger partial charge on any atom is -0.444 e. The highest BCUT2D eigenvalue weighted by Gasteiger charge is 2.35. The normalized spacial score (nSPS) is 20.9. The Morgan fingerprint density at radius 1 is 1.26 bits per heavy atom. The maximum atomic E-state index is 12.2. The van der Waals surface area contributed by atoms with Crippen LogP contribution in [0, 0.1) is 11.8 Å². The van der Waals surface area contributed by atoms with Gasteiger partial charge < -0.3 is 15.2 Å². The van der Waals surface area contributed by atoms with E-state index >= 15 is 0 Å². The van der Waals surface area contributed by atoms with Gasteiger partial charge in [0.05, 0.1) is 12.1 Å². The lowest BCUT2D eigenvalue weighted by molar-refractivity contribution is 0.0374. The van der Waals surface area contributed by atoms with Gasteiger partial charge in [-0.15, -0.1) is 0 Å². The van der Waals surface area contributed by atoms with Gasteiger partial charge in [-0.2, -0.15) is 0 Å². The number of hydrogen-bond acceptors (Lipinski definition) is 3. The fourth-order valence-corrected chi connectivity index (χ4v) is 4.22. The molecule has 0 aliphatic heterocycles. The second-order valence-corrected chi connectivity index (χ2v) is 9.27. The summed E-state index contributed by atoms with van der Waals surface area (Å²) in [5.74, 6) is 0.865. The number of halogens is 1. The van der Waals surface area contributed by atoms with Gasteiger partial charge in [-0.05, 0) is 51.9 Å². The molecule has 1 aliphatic carbocycles. The van der Waals surface area contributed by atoms with Gasteiger partial charge >= 0.3 is 6.09 Å². The maximum Gasteiger partial charge on any atom is 0.407 e. The third kappa shape index (κ3) is 7.88. The molecule has 5 heteroatoms. The summed E-state index contributed by atoms with van der Waals surface area (Å²) in [6.45, 7) is 9.70. The number of carbonyl (C=O) groups excluding carboxylic acids is 1. The summed E-state index contributed by atoms with van der Waals surface area (Å²) in [7, 11) is 0. The van der Waals surface area contributed by atoms with Crippen LogP contribution in [0.3, 0.4) is 0 Å². The van der Waals surface area contributed by atoms with Crippen molar-refractivity contribution in [2.24, 2.45) is 11.8 Å². The molecule has 1 rings (SSSR count). The zero-order valence-corrected chi connectivity index (χ0v) is 16.9. The summed E-state index contributed by atoms with van der Waals surface area (Å²) in [6.07, 6.45) is 5.68. The Balaban J connectivity index is 2.76. The lowest BCUT2D eigenvalue weighted by Crippen LogP contribution is -2.52. The molecule has 23 heavy (non-hydrogen) atoms. The van der Waals surface area contributed by atoms with Crippen LogP contribution in [-0.2, 0) is 4.74 Å². The molecule has 3 atom stereocenters. The molecule has 2 N–H and O–H groups in total. The minimum atomic E-state index is -0.575. The van der Waals surface area contributed by atoms with E-state index in [0.717, 1.165) is 12.8 Å². The summed E-state index contributed by atoms with van der Waals surface area (Å²) in [5, 5.41) is 13.5.